The van der Waals surface area contributed by atoms with E-state index in [4.69, 9.17) is 11.6 Å². The summed E-state index contributed by atoms with van der Waals surface area (Å²) in [6, 6.07) is 17.0. The van der Waals surface area contributed by atoms with E-state index in [2.05, 4.69) is 62.5 Å². The fourth-order valence-electron chi connectivity index (χ4n) is 2.87. The molecule has 0 bridgehead atoms. The zero-order chi connectivity index (χ0) is 14.7. The van der Waals surface area contributed by atoms with Crippen molar-refractivity contribution in [2.75, 3.05) is 26.2 Å². The van der Waals surface area contributed by atoms with Gasteiger partial charge in [0.2, 0.25) is 0 Å². The third kappa shape index (κ3) is 3.49. The van der Waals surface area contributed by atoms with Gasteiger partial charge in [-0.2, -0.15) is 0 Å². The molecule has 0 radical (unpaired) electrons. The van der Waals surface area contributed by atoms with E-state index < -0.39 is 0 Å². The summed E-state index contributed by atoms with van der Waals surface area (Å²) in [7, 11) is 0. The molecule has 1 atom stereocenters. The Labute approximate surface area is 139 Å². The lowest BCUT2D eigenvalue weighted by molar-refractivity contribution is 0.198. The number of rotatable bonds is 3. The van der Waals surface area contributed by atoms with Crippen LogP contribution in [0.1, 0.15) is 17.2 Å². The Bertz CT molecular complexity index is 594. The summed E-state index contributed by atoms with van der Waals surface area (Å²) < 4.78 is 1.16. The molecule has 4 heteroatoms. The van der Waals surface area contributed by atoms with Crippen molar-refractivity contribution in [1.82, 2.24) is 10.2 Å². The van der Waals surface area contributed by atoms with Gasteiger partial charge in [-0.25, -0.2) is 0 Å². The Morgan fingerprint density at radius 3 is 2.33 bits per heavy atom. The molecule has 1 unspecified atom stereocenters. The Morgan fingerprint density at radius 1 is 1.00 bits per heavy atom. The molecule has 0 amide bonds. The summed E-state index contributed by atoms with van der Waals surface area (Å²) in [4.78, 5) is 2.53. The molecular weight excluding hydrogens is 348 g/mol. The second kappa shape index (κ2) is 6.93. The minimum absolute atomic E-state index is 0.264. The molecule has 0 aliphatic carbocycles. The molecule has 2 aromatic rings. The molecule has 3 rings (SSSR count). The summed E-state index contributed by atoms with van der Waals surface area (Å²) in [6.07, 6.45) is 0. The second-order valence-electron chi connectivity index (χ2n) is 5.26. The Hall–Kier alpha value is -0.870. The number of halogens is 2. The fraction of sp³-hybridized carbons (Fsp3) is 0.294. The number of piperazine rings is 1. The van der Waals surface area contributed by atoms with Crippen molar-refractivity contribution >= 4 is 27.5 Å². The highest BCUT2D eigenvalue weighted by Crippen LogP contribution is 2.34. The van der Waals surface area contributed by atoms with Crippen LogP contribution in [0.5, 0.6) is 0 Å². The van der Waals surface area contributed by atoms with Crippen LogP contribution in [0, 0.1) is 0 Å². The first-order valence-electron chi connectivity index (χ1n) is 7.20. The van der Waals surface area contributed by atoms with Crippen molar-refractivity contribution in [3.63, 3.8) is 0 Å². The van der Waals surface area contributed by atoms with Crippen LogP contribution in [-0.2, 0) is 0 Å². The van der Waals surface area contributed by atoms with E-state index in [1.807, 2.05) is 12.1 Å². The van der Waals surface area contributed by atoms with Crippen LogP contribution in [0.4, 0.5) is 0 Å². The largest absolute Gasteiger partial charge is 0.314 e. The molecule has 2 nitrogen and oxygen atoms in total. The van der Waals surface area contributed by atoms with E-state index in [0.717, 1.165) is 35.7 Å². The van der Waals surface area contributed by atoms with Gasteiger partial charge < -0.3 is 5.32 Å². The van der Waals surface area contributed by atoms with Crippen LogP contribution >= 0.6 is 27.5 Å². The second-order valence-corrected chi connectivity index (χ2v) is 6.55. The van der Waals surface area contributed by atoms with Gasteiger partial charge in [-0.3, -0.25) is 4.90 Å². The molecule has 110 valence electrons. The molecule has 0 spiro atoms. The van der Waals surface area contributed by atoms with Gasteiger partial charge in [0.15, 0.2) is 0 Å². The monoisotopic (exact) mass is 364 g/mol. The summed E-state index contributed by atoms with van der Waals surface area (Å²) in [5, 5.41) is 4.20. The van der Waals surface area contributed by atoms with Crippen LogP contribution in [0.2, 0.25) is 5.02 Å². The number of hydrogen-bond acceptors (Lipinski definition) is 2. The van der Waals surface area contributed by atoms with Crippen molar-refractivity contribution < 1.29 is 0 Å². The fourth-order valence-corrected chi connectivity index (χ4v) is 3.50. The van der Waals surface area contributed by atoms with Gasteiger partial charge >= 0.3 is 0 Å². The maximum Gasteiger partial charge on any atom is 0.0613 e. The predicted octanol–water partition coefficient (Wildman–Crippen LogP) is 4.10. The molecular formula is C17H18BrClN2. The SMILES string of the molecule is Clc1ccc(C(c2ccccc2Br)N2CCNCC2)cc1. The first-order valence-corrected chi connectivity index (χ1v) is 8.37. The maximum atomic E-state index is 6.05. The highest BCUT2D eigenvalue weighted by atomic mass is 79.9. The number of hydrogen-bond donors (Lipinski definition) is 1. The molecule has 1 N–H and O–H groups in total. The third-order valence-electron chi connectivity index (χ3n) is 3.90. The minimum atomic E-state index is 0.264. The topological polar surface area (TPSA) is 15.3 Å². The Kier molecular flexibility index (Phi) is 4.96. The number of nitrogens with zero attached hydrogens (tertiary/aromatic N) is 1. The van der Waals surface area contributed by atoms with Gasteiger partial charge in [-0.15, -0.1) is 0 Å². The van der Waals surface area contributed by atoms with Crippen LogP contribution < -0.4 is 5.32 Å². The highest BCUT2D eigenvalue weighted by molar-refractivity contribution is 9.10. The van der Waals surface area contributed by atoms with E-state index in [0.29, 0.717) is 0 Å². The van der Waals surface area contributed by atoms with E-state index in [9.17, 15) is 0 Å². The van der Waals surface area contributed by atoms with Gasteiger partial charge in [-0.05, 0) is 29.3 Å². The lowest BCUT2D eigenvalue weighted by Gasteiger charge is -2.36. The number of benzene rings is 2. The van der Waals surface area contributed by atoms with Gasteiger partial charge in [-0.1, -0.05) is 57.9 Å². The molecule has 1 heterocycles. The van der Waals surface area contributed by atoms with Gasteiger partial charge in [0.05, 0.1) is 6.04 Å². The Balaban J connectivity index is 2.01. The molecule has 0 saturated carbocycles. The zero-order valence-corrected chi connectivity index (χ0v) is 14.1. The van der Waals surface area contributed by atoms with E-state index in [-0.39, 0.29) is 6.04 Å². The summed E-state index contributed by atoms with van der Waals surface area (Å²) in [6.45, 7) is 4.17. The normalized spacial score (nSPS) is 17.6. The Morgan fingerprint density at radius 2 is 1.67 bits per heavy atom. The van der Waals surface area contributed by atoms with Gasteiger partial charge in [0.25, 0.3) is 0 Å². The molecule has 2 aromatic carbocycles. The predicted molar refractivity (Wildman–Crippen MR) is 91.9 cm³/mol. The first-order chi connectivity index (χ1) is 10.3. The highest BCUT2D eigenvalue weighted by Gasteiger charge is 2.25. The average Bonchev–Trinajstić information content (AvgIpc) is 2.52. The van der Waals surface area contributed by atoms with Crippen LogP contribution in [-0.4, -0.2) is 31.1 Å². The zero-order valence-electron chi connectivity index (χ0n) is 11.7. The molecule has 1 aliphatic rings. The molecule has 1 aliphatic heterocycles. The van der Waals surface area contributed by atoms with Crippen molar-refractivity contribution in [2.45, 2.75) is 6.04 Å². The molecule has 0 aromatic heterocycles. The van der Waals surface area contributed by atoms with Crippen molar-refractivity contribution in [3.05, 3.63) is 69.2 Å². The van der Waals surface area contributed by atoms with Gasteiger partial charge in [0, 0.05) is 35.7 Å². The van der Waals surface area contributed by atoms with Crippen LogP contribution in [0.15, 0.2) is 53.0 Å². The standard InChI is InChI=1S/C17H18BrClN2/c18-16-4-2-1-3-15(16)17(21-11-9-20-10-12-21)13-5-7-14(19)8-6-13/h1-8,17,20H,9-12H2. The summed E-state index contributed by atoms with van der Waals surface area (Å²) in [5.41, 5.74) is 2.59. The van der Waals surface area contributed by atoms with E-state index in [1.54, 1.807) is 0 Å². The smallest absolute Gasteiger partial charge is 0.0613 e. The van der Waals surface area contributed by atoms with Gasteiger partial charge in [0.1, 0.15) is 0 Å². The lowest BCUT2D eigenvalue weighted by Crippen LogP contribution is -2.45. The third-order valence-corrected chi connectivity index (χ3v) is 4.88. The molecule has 1 saturated heterocycles. The van der Waals surface area contributed by atoms with E-state index >= 15 is 0 Å². The lowest BCUT2D eigenvalue weighted by atomic mass is 9.96. The quantitative estimate of drug-likeness (QED) is 0.881. The van der Waals surface area contributed by atoms with Crippen LogP contribution in [0.3, 0.4) is 0 Å². The minimum Gasteiger partial charge on any atom is -0.314 e. The van der Waals surface area contributed by atoms with Crippen molar-refractivity contribution in [3.8, 4) is 0 Å². The summed E-state index contributed by atoms with van der Waals surface area (Å²) >= 11 is 9.75. The molecule has 1 fully saturated rings. The van der Waals surface area contributed by atoms with Crippen LogP contribution in [0.25, 0.3) is 0 Å². The van der Waals surface area contributed by atoms with E-state index in [1.165, 1.54) is 11.1 Å². The van der Waals surface area contributed by atoms with Crippen molar-refractivity contribution in [2.24, 2.45) is 0 Å². The first kappa shape index (κ1) is 15.0. The summed E-state index contributed by atoms with van der Waals surface area (Å²) in [5.74, 6) is 0. The number of nitrogens with one attached hydrogen (secondary N) is 1. The molecule has 21 heavy (non-hydrogen) atoms. The average molecular weight is 366 g/mol. The maximum absolute atomic E-state index is 6.05. The van der Waals surface area contributed by atoms with Crippen molar-refractivity contribution in [1.29, 1.82) is 0 Å².